The van der Waals surface area contributed by atoms with E-state index in [1.165, 1.54) is 12.0 Å². The highest BCUT2D eigenvalue weighted by atomic mass is 14.8. The van der Waals surface area contributed by atoms with E-state index in [4.69, 9.17) is 0 Å². The van der Waals surface area contributed by atoms with Gasteiger partial charge < -0.3 is 0 Å². The fourth-order valence-electron chi connectivity index (χ4n) is 1.88. The molecule has 14 heavy (non-hydrogen) atoms. The smallest absolute Gasteiger partial charge is 0.125 e. The summed E-state index contributed by atoms with van der Waals surface area (Å²) in [5.74, 6) is 1.54. The largest absolute Gasteiger partial charge is 0.241 e. The first-order chi connectivity index (χ1) is 6.42. The summed E-state index contributed by atoms with van der Waals surface area (Å²) in [6.45, 7) is 10.9. The van der Waals surface area contributed by atoms with Crippen molar-refractivity contribution in [3.8, 4) is 0 Å². The number of hydrogen-bond acceptors (Lipinski definition) is 2. The van der Waals surface area contributed by atoms with Gasteiger partial charge in [-0.05, 0) is 30.2 Å². The second-order valence-corrected chi connectivity index (χ2v) is 5.00. The van der Waals surface area contributed by atoms with Gasteiger partial charge in [0.05, 0.1) is 0 Å². The summed E-state index contributed by atoms with van der Waals surface area (Å²) in [4.78, 5) is 8.48. The standard InChI is InChI=1S/C12H20N2/c1-9(2)6-12(4,5)11-7-13-10(3)14-8-11/h7-9H,6H2,1-5H3. The molecule has 2 heteroatoms. The monoisotopic (exact) mass is 192 g/mol. The Morgan fingerprint density at radius 1 is 1.21 bits per heavy atom. The minimum absolute atomic E-state index is 0.182. The van der Waals surface area contributed by atoms with Crippen LogP contribution in [-0.4, -0.2) is 9.97 Å². The Morgan fingerprint density at radius 2 is 1.71 bits per heavy atom. The molecule has 1 aromatic rings. The fourth-order valence-corrected chi connectivity index (χ4v) is 1.88. The minimum atomic E-state index is 0.182. The summed E-state index contributed by atoms with van der Waals surface area (Å²) < 4.78 is 0. The van der Waals surface area contributed by atoms with E-state index >= 15 is 0 Å². The van der Waals surface area contributed by atoms with Gasteiger partial charge >= 0.3 is 0 Å². The Labute approximate surface area is 86.8 Å². The number of hydrogen-bond donors (Lipinski definition) is 0. The predicted molar refractivity (Wildman–Crippen MR) is 59.3 cm³/mol. The molecule has 0 amide bonds. The molecule has 0 aliphatic heterocycles. The highest BCUT2D eigenvalue weighted by Crippen LogP contribution is 2.29. The molecule has 2 nitrogen and oxygen atoms in total. The number of aromatic nitrogens is 2. The molecule has 0 fully saturated rings. The lowest BCUT2D eigenvalue weighted by Crippen LogP contribution is -2.20. The summed E-state index contributed by atoms with van der Waals surface area (Å²) in [7, 11) is 0. The second-order valence-electron chi connectivity index (χ2n) is 5.00. The Hall–Kier alpha value is -0.920. The average Bonchev–Trinajstić information content (AvgIpc) is 2.02. The van der Waals surface area contributed by atoms with E-state index in [2.05, 4.69) is 37.7 Å². The van der Waals surface area contributed by atoms with E-state index in [0.29, 0.717) is 5.92 Å². The lowest BCUT2D eigenvalue weighted by Gasteiger charge is -2.26. The molecule has 1 aromatic heterocycles. The number of nitrogens with zero attached hydrogens (tertiary/aromatic N) is 2. The molecule has 0 saturated heterocycles. The van der Waals surface area contributed by atoms with E-state index in [1.54, 1.807) is 0 Å². The molecule has 1 rings (SSSR count). The van der Waals surface area contributed by atoms with Gasteiger partial charge in [0.2, 0.25) is 0 Å². The zero-order chi connectivity index (χ0) is 10.8. The first kappa shape index (κ1) is 11.2. The van der Waals surface area contributed by atoms with Crippen LogP contribution in [0.15, 0.2) is 12.4 Å². The van der Waals surface area contributed by atoms with Crippen molar-refractivity contribution < 1.29 is 0 Å². The van der Waals surface area contributed by atoms with Gasteiger partial charge in [-0.3, -0.25) is 0 Å². The van der Waals surface area contributed by atoms with Crippen molar-refractivity contribution in [2.24, 2.45) is 5.92 Å². The van der Waals surface area contributed by atoms with Gasteiger partial charge in [-0.15, -0.1) is 0 Å². The summed E-state index contributed by atoms with van der Waals surface area (Å²) in [5, 5.41) is 0. The normalized spacial score (nSPS) is 12.1. The van der Waals surface area contributed by atoms with Gasteiger partial charge in [-0.25, -0.2) is 9.97 Å². The van der Waals surface area contributed by atoms with Crippen LogP contribution in [-0.2, 0) is 5.41 Å². The third kappa shape index (κ3) is 2.79. The van der Waals surface area contributed by atoms with E-state index in [1.807, 2.05) is 19.3 Å². The molecule has 0 unspecified atom stereocenters. The van der Waals surface area contributed by atoms with Crippen LogP contribution < -0.4 is 0 Å². The Balaban J connectivity index is 2.86. The van der Waals surface area contributed by atoms with Gasteiger partial charge in [0.25, 0.3) is 0 Å². The van der Waals surface area contributed by atoms with Crippen molar-refractivity contribution in [1.82, 2.24) is 9.97 Å². The van der Waals surface area contributed by atoms with E-state index in [-0.39, 0.29) is 5.41 Å². The second kappa shape index (κ2) is 4.07. The van der Waals surface area contributed by atoms with Crippen LogP contribution in [0.25, 0.3) is 0 Å². The maximum Gasteiger partial charge on any atom is 0.125 e. The van der Waals surface area contributed by atoms with Crippen LogP contribution in [0.5, 0.6) is 0 Å². The molecule has 0 atom stereocenters. The summed E-state index contributed by atoms with van der Waals surface area (Å²) >= 11 is 0. The average molecular weight is 192 g/mol. The maximum absolute atomic E-state index is 4.24. The fraction of sp³-hybridized carbons (Fsp3) is 0.667. The summed E-state index contributed by atoms with van der Waals surface area (Å²) in [6.07, 6.45) is 5.06. The Morgan fingerprint density at radius 3 is 2.14 bits per heavy atom. The van der Waals surface area contributed by atoms with Crippen molar-refractivity contribution >= 4 is 0 Å². The van der Waals surface area contributed by atoms with E-state index in [9.17, 15) is 0 Å². The quantitative estimate of drug-likeness (QED) is 0.735. The summed E-state index contributed by atoms with van der Waals surface area (Å²) in [5.41, 5.74) is 1.42. The van der Waals surface area contributed by atoms with Gasteiger partial charge in [-0.1, -0.05) is 27.7 Å². The van der Waals surface area contributed by atoms with E-state index < -0.39 is 0 Å². The third-order valence-corrected chi connectivity index (χ3v) is 2.48. The highest BCUT2D eigenvalue weighted by molar-refractivity contribution is 5.16. The first-order valence-electron chi connectivity index (χ1n) is 5.21. The van der Waals surface area contributed by atoms with Crippen molar-refractivity contribution in [2.45, 2.75) is 46.5 Å². The molecular formula is C12H20N2. The highest BCUT2D eigenvalue weighted by Gasteiger charge is 2.22. The zero-order valence-corrected chi connectivity index (χ0v) is 9.83. The molecule has 0 bridgehead atoms. The molecule has 78 valence electrons. The molecule has 0 aliphatic carbocycles. The lowest BCUT2D eigenvalue weighted by atomic mass is 9.79. The van der Waals surface area contributed by atoms with Crippen LogP contribution in [0.4, 0.5) is 0 Å². The van der Waals surface area contributed by atoms with Crippen molar-refractivity contribution in [2.75, 3.05) is 0 Å². The van der Waals surface area contributed by atoms with Crippen LogP contribution in [0.3, 0.4) is 0 Å². The lowest BCUT2D eigenvalue weighted by molar-refractivity contribution is 0.397. The zero-order valence-electron chi connectivity index (χ0n) is 9.83. The molecule has 0 aliphatic rings. The van der Waals surface area contributed by atoms with Crippen LogP contribution in [0.2, 0.25) is 0 Å². The molecule has 0 radical (unpaired) electrons. The van der Waals surface area contributed by atoms with Gasteiger partial charge in [0, 0.05) is 12.4 Å². The number of rotatable bonds is 3. The van der Waals surface area contributed by atoms with Crippen molar-refractivity contribution in [3.63, 3.8) is 0 Å². The Kier molecular flexibility index (Phi) is 3.25. The molecule has 0 N–H and O–H groups in total. The minimum Gasteiger partial charge on any atom is -0.241 e. The molecule has 1 heterocycles. The van der Waals surface area contributed by atoms with Crippen molar-refractivity contribution in [3.05, 3.63) is 23.8 Å². The van der Waals surface area contributed by atoms with Gasteiger partial charge in [-0.2, -0.15) is 0 Å². The Bertz CT molecular complexity index is 286. The van der Waals surface area contributed by atoms with Gasteiger partial charge in [0.1, 0.15) is 5.82 Å². The van der Waals surface area contributed by atoms with Crippen LogP contribution in [0, 0.1) is 12.8 Å². The summed E-state index contributed by atoms with van der Waals surface area (Å²) in [6, 6.07) is 0. The first-order valence-corrected chi connectivity index (χ1v) is 5.21. The molecule has 0 aromatic carbocycles. The molecule has 0 saturated carbocycles. The predicted octanol–water partition coefficient (Wildman–Crippen LogP) is 3.11. The van der Waals surface area contributed by atoms with Gasteiger partial charge in [0.15, 0.2) is 0 Å². The third-order valence-electron chi connectivity index (χ3n) is 2.48. The maximum atomic E-state index is 4.24. The van der Waals surface area contributed by atoms with Crippen LogP contribution >= 0.6 is 0 Å². The SMILES string of the molecule is Cc1ncc(C(C)(C)CC(C)C)cn1. The van der Waals surface area contributed by atoms with Crippen LogP contribution in [0.1, 0.15) is 45.5 Å². The molecular weight excluding hydrogens is 172 g/mol. The number of aryl methyl sites for hydroxylation is 1. The van der Waals surface area contributed by atoms with E-state index in [0.717, 1.165) is 5.82 Å². The molecule has 0 spiro atoms. The van der Waals surface area contributed by atoms with Crippen molar-refractivity contribution in [1.29, 1.82) is 0 Å². The topological polar surface area (TPSA) is 25.8 Å².